The van der Waals surface area contributed by atoms with E-state index in [1.54, 1.807) is 26.3 Å². The summed E-state index contributed by atoms with van der Waals surface area (Å²) in [5.41, 5.74) is 0.876. The molecule has 3 rings (SSSR count). The van der Waals surface area contributed by atoms with Crippen LogP contribution in [0.2, 0.25) is 0 Å². The van der Waals surface area contributed by atoms with Crippen molar-refractivity contribution in [3.8, 4) is 5.75 Å². The van der Waals surface area contributed by atoms with Crippen LogP contribution in [-0.4, -0.2) is 64.4 Å². The van der Waals surface area contributed by atoms with Gasteiger partial charge in [0, 0.05) is 27.2 Å². The standard InChI is InChI=1S/C23H37FN4O2/c1-17(20-6-7-22(21(24)14-20)30-16-19-4-5-19)27-23(25-2)26-15-18-8-10-28(11-9-18)12-13-29-3/h6-7,14,17-19H,4-5,8-13,15-16H2,1-3H3,(H2,25,26,27). The maximum atomic E-state index is 14.4. The summed E-state index contributed by atoms with van der Waals surface area (Å²) >= 11 is 0. The molecule has 1 saturated carbocycles. The molecule has 1 aromatic carbocycles. The summed E-state index contributed by atoms with van der Waals surface area (Å²) in [6.45, 7) is 7.57. The zero-order chi connectivity index (χ0) is 21.3. The van der Waals surface area contributed by atoms with Crippen molar-refractivity contribution in [1.29, 1.82) is 0 Å². The molecular formula is C23H37FN4O2. The monoisotopic (exact) mass is 420 g/mol. The Labute approximate surface area is 180 Å². The minimum atomic E-state index is -0.301. The van der Waals surface area contributed by atoms with Gasteiger partial charge in [-0.05, 0) is 75.2 Å². The molecule has 168 valence electrons. The van der Waals surface area contributed by atoms with Gasteiger partial charge in [-0.25, -0.2) is 4.39 Å². The lowest BCUT2D eigenvalue weighted by molar-refractivity contribution is 0.121. The van der Waals surface area contributed by atoms with E-state index in [9.17, 15) is 4.39 Å². The van der Waals surface area contributed by atoms with E-state index in [0.717, 1.165) is 44.3 Å². The molecule has 1 aliphatic carbocycles. The summed E-state index contributed by atoms with van der Waals surface area (Å²) in [7, 11) is 3.52. The van der Waals surface area contributed by atoms with Crippen LogP contribution in [0.3, 0.4) is 0 Å². The highest BCUT2D eigenvalue weighted by Crippen LogP contribution is 2.30. The SMILES string of the molecule is CN=C(NCC1CCN(CCOC)CC1)NC(C)c1ccc(OCC2CC2)c(F)c1. The molecule has 0 spiro atoms. The van der Waals surface area contributed by atoms with Gasteiger partial charge in [0.25, 0.3) is 0 Å². The zero-order valence-corrected chi connectivity index (χ0v) is 18.6. The Balaban J connectivity index is 1.42. The first kappa shape index (κ1) is 22.8. The van der Waals surface area contributed by atoms with Gasteiger partial charge in [0.2, 0.25) is 0 Å². The van der Waals surface area contributed by atoms with Crippen molar-refractivity contribution in [3.05, 3.63) is 29.6 Å². The minimum absolute atomic E-state index is 0.0564. The molecule has 0 bridgehead atoms. The molecule has 1 aliphatic heterocycles. The highest BCUT2D eigenvalue weighted by molar-refractivity contribution is 5.80. The number of aliphatic imine (C=N–C) groups is 1. The van der Waals surface area contributed by atoms with Crippen molar-refractivity contribution >= 4 is 5.96 Å². The van der Waals surface area contributed by atoms with E-state index in [-0.39, 0.29) is 11.9 Å². The number of ether oxygens (including phenoxy) is 2. The predicted octanol–water partition coefficient (Wildman–Crippen LogP) is 3.20. The molecule has 1 aromatic rings. The first-order valence-electron chi connectivity index (χ1n) is 11.2. The van der Waals surface area contributed by atoms with Crippen LogP contribution in [0.25, 0.3) is 0 Å². The Morgan fingerprint density at radius 1 is 1.23 bits per heavy atom. The lowest BCUT2D eigenvalue weighted by Crippen LogP contribution is -2.43. The molecular weight excluding hydrogens is 383 g/mol. The maximum Gasteiger partial charge on any atom is 0.191 e. The molecule has 1 atom stereocenters. The van der Waals surface area contributed by atoms with E-state index >= 15 is 0 Å². The molecule has 2 fully saturated rings. The fourth-order valence-corrected chi connectivity index (χ4v) is 3.75. The number of nitrogens with zero attached hydrogens (tertiary/aromatic N) is 2. The van der Waals surface area contributed by atoms with Crippen LogP contribution in [-0.2, 0) is 4.74 Å². The number of methoxy groups -OCH3 is 1. The van der Waals surface area contributed by atoms with Crippen molar-refractivity contribution in [3.63, 3.8) is 0 Å². The van der Waals surface area contributed by atoms with Gasteiger partial charge in [0.05, 0.1) is 19.3 Å². The summed E-state index contributed by atoms with van der Waals surface area (Å²) < 4.78 is 25.1. The second-order valence-electron chi connectivity index (χ2n) is 8.54. The van der Waals surface area contributed by atoms with E-state index in [2.05, 4.69) is 20.5 Å². The zero-order valence-electron chi connectivity index (χ0n) is 18.6. The number of hydrogen-bond donors (Lipinski definition) is 2. The summed E-state index contributed by atoms with van der Waals surface area (Å²) in [6.07, 6.45) is 4.74. The van der Waals surface area contributed by atoms with Crippen molar-refractivity contribution in [2.75, 3.05) is 53.6 Å². The Bertz CT molecular complexity index is 688. The molecule has 1 saturated heterocycles. The van der Waals surface area contributed by atoms with E-state index < -0.39 is 0 Å². The van der Waals surface area contributed by atoms with Gasteiger partial charge in [0.15, 0.2) is 17.5 Å². The van der Waals surface area contributed by atoms with Crippen LogP contribution in [0.4, 0.5) is 4.39 Å². The third-order valence-electron chi connectivity index (χ3n) is 6.08. The maximum absolute atomic E-state index is 14.4. The number of piperidine rings is 1. The summed E-state index contributed by atoms with van der Waals surface area (Å²) in [6, 6.07) is 5.16. The predicted molar refractivity (Wildman–Crippen MR) is 119 cm³/mol. The Kier molecular flexibility index (Phi) is 8.75. The molecule has 0 aromatic heterocycles. The van der Waals surface area contributed by atoms with Crippen LogP contribution >= 0.6 is 0 Å². The Morgan fingerprint density at radius 3 is 2.63 bits per heavy atom. The lowest BCUT2D eigenvalue weighted by atomic mass is 9.97. The molecule has 0 radical (unpaired) electrons. The average molecular weight is 421 g/mol. The van der Waals surface area contributed by atoms with Gasteiger partial charge in [0.1, 0.15) is 0 Å². The first-order chi connectivity index (χ1) is 14.6. The number of hydrogen-bond acceptors (Lipinski definition) is 4. The third-order valence-corrected chi connectivity index (χ3v) is 6.08. The van der Waals surface area contributed by atoms with E-state index in [1.807, 2.05) is 13.0 Å². The third kappa shape index (κ3) is 7.13. The van der Waals surface area contributed by atoms with Crippen molar-refractivity contribution < 1.29 is 13.9 Å². The van der Waals surface area contributed by atoms with E-state index in [0.29, 0.717) is 24.2 Å². The van der Waals surface area contributed by atoms with E-state index in [4.69, 9.17) is 9.47 Å². The van der Waals surface area contributed by atoms with Crippen LogP contribution in [0.15, 0.2) is 23.2 Å². The summed E-state index contributed by atoms with van der Waals surface area (Å²) in [5.74, 6) is 2.04. The fraction of sp³-hybridized carbons (Fsp3) is 0.696. The fourth-order valence-electron chi connectivity index (χ4n) is 3.75. The second kappa shape index (κ2) is 11.5. The molecule has 1 heterocycles. The number of benzene rings is 1. The largest absolute Gasteiger partial charge is 0.490 e. The van der Waals surface area contributed by atoms with Crippen molar-refractivity contribution in [2.45, 2.75) is 38.6 Å². The molecule has 2 aliphatic rings. The van der Waals surface area contributed by atoms with Crippen LogP contribution in [0, 0.1) is 17.7 Å². The lowest BCUT2D eigenvalue weighted by Gasteiger charge is -2.32. The summed E-state index contributed by atoms with van der Waals surface area (Å²) in [4.78, 5) is 6.80. The second-order valence-corrected chi connectivity index (χ2v) is 8.54. The first-order valence-corrected chi connectivity index (χ1v) is 11.2. The van der Waals surface area contributed by atoms with Gasteiger partial charge in [-0.1, -0.05) is 6.07 Å². The van der Waals surface area contributed by atoms with Gasteiger partial charge in [-0.2, -0.15) is 0 Å². The van der Waals surface area contributed by atoms with Crippen molar-refractivity contribution in [2.24, 2.45) is 16.8 Å². The average Bonchev–Trinajstić information content (AvgIpc) is 3.59. The van der Waals surface area contributed by atoms with Gasteiger partial charge >= 0.3 is 0 Å². The molecule has 1 unspecified atom stereocenters. The molecule has 0 amide bonds. The van der Waals surface area contributed by atoms with E-state index in [1.165, 1.54) is 25.7 Å². The van der Waals surface area contributed by atoms with Crippen LogP contribution < -0.4 is 15.4 Å². The highest BCUT2D eigenvalue weighted by Gasteiger charge is 2.23. The molecule has 30 heavy (non-hydrogen) atoms. The highest BCUT2D eigenvalue weighted by atomic mass is 19.1. The van der Waals surface area contributed by atoms with Crippen molar-refractivity contribution in [1.82, 2.24) is 15.5 Å². The number of rotatable bonds is 10. The summed E-state index contributed by atoms with van der Waals surface area (Å²) in [5, 5.41) is 6.81. The smallest absolute Gasteiger partial charge is 0.191 e. The quantitative estimate of drug-likeness (QED) is 0.450. The normalized spacial score (nSPS) is 19.5. The number of halogens is 1. The van der Waals surface area contributed by atoms with Crippen LogP contribution in [0.1, 0.15) is 44.2 Å². The van der Waals surface area contributed by atoms with Gasteiger partial charge in [-0.3, -0.25) is 4.99 Å². The van der Waals surface area contributed by atoms with Gasteiger partial charge < -0.3 is 25.0 Å². The van der Waals surface area contributed by atoms with Crippen LogP contribution in [0.5, 0.6) is 5.75 Å². The number of nitrogens with one attached hydrogen (secondary N) is 2. The Hall–Kier alpha value is -1.86. The number of likely N-dealkylation sites (tertiary alicyclic amines) is 1. The van der Waals surface area contributed by atoms with Gasteiger partial charge in [-0.15, -0.1) is 0 Å². The molecule has 2 N–H and O–H groups in total. The Morgan fingerprint density at radius 2 is 2.00 bits per heavy atom. The molecule has 7 heteroatoms. The number of guanidine groups is 1. The topological polar surface area (TPSA) is 58.1 Å². The minimum Gasteiger partial charge on any atom is -0.490 e. The molecule has 6 nitrogen and oxygen atoms in total.